The maximum absolute atomic E-state index is 2.51. The SMILES string of the molecule is CC1(C)c2ccccc2-c2ccc(C(CCc3ccc(-c4ccccc4-n4c5ccccc5c5ccccc54)c(-c4ccccc4)c3)c3ccccc3)cc21. The Morgan fingerprint density at radius 2 is 1.02 bits per heavy atom. The first-order valence-corrected chi connectivity index (χ1v) is 19.6. The predicted octanol–water partition coefficient (Wildman–Crippen LogP) is 14.2. The van der Waals surface area contributed by atoms with Gasteiger partial charge in [-0.1, -0.05) is 190 Å². The molecule has 0 saturated heterocycles. The lowest BCUT2D eigenvalue weighted by Crippen LogP contribution is -2.15. The quantitative estimate of drug-likeness (QED) is 0.148. The molecular formula is C54H43N. The van der Waals surface area contributed by atoms with E-state index in [2.05, 4.69) is 213 Å². The number of fused-ring (bicyclic) bond motifs is 6. The Morgan fingerprint density at radius 1 is 0.436 bits per heavy atom. The first-order valence-electron chi connectivity index (χ1n) is 19.6. The fourth-order valence-electron chi connectivity index (χ4n) is 9.38. The Bertz CT molecular complexity index is 2790. The molecule has 0 bridgehead atoms. The Kier molecular flexibility index (Phi) is 8.11. The summed E-state index contributed by atoms with van der Waals surface area (Å²) >= 11 is 0. The number of aromatic nitrogens is 1. The molecular weight excluding hydrogens is 663 g/mol. The van der Waals surface area contributed by atoms with E-state index >= 15 is 0 Å². The molecule has 1 aliphatic rings. The zero-order valence-corrected chi connectivity index (χ0v) is 31.4. The van der Waals surface area contributed by atoms with Crippen LogP contribution in [0.3, 0.4) is 0 Å². The number of nitrogens with zero attached hydrogens (tertiary/aromatic N) is 1. The van der Waals surface area contributed by atoms with Crippen molar-refractivity contribution in [2.45, 2.75) is 38.0 Å². The van der Waals surface area contributed by atoms with Crippen LogP contribution >= 0.6 is 0 Å². The second-order valence-electron chi connectivity index (χ2n) is 15.6. The van der Waals surface area contributed by atoms with Crippen LogP contribution in [-0.2, 0) is 11.8 Å². The predicted molar refractivity (Wildman–Crippen MR) is 232 cm³/mol. The third-order valence-electron chi connectivity index (χ3n) is 12.1. The molecule has 1 aromatic heterocycles. The molecule has 0 radical (unpaired) electrons. The van der Waals surface area contributed by atoms with Crippen molar-refractivity contribution in [1.82, 2.24) is 4.57 Å². The Balaban J connectivity index is 1.06. The Morgan fingerprint density at radius 3 is 1.76 bits per heavy atom. The van der Waals surface area contributed by atoms with Crippen LogP contribution in [0.4, 0.5) is 0 Å². The fourth-order valence-corrected chi connectivity index (χ4v) is 9.38. The van der Waals surface area contributed by atoms with Gasteiger partial charge in [0.1, 0.15) is 0 Å². The van der Waals surface area contributed by atoms with E-state index in [4.69, 9.17) is 0 Å². The van der Waals surface area contributed by atoms with Crippen molar-refractivity contribution >= 4 is 21.8 Å². The molecule has 0 saturated carbocycles. The monoisotopic (exact) mass is 705 g/mol. The van der Waals surface area contributed by atoms with Gasteiger partial charge in [0, 0.05) is 27.7 Å². The van der Waals surface area contributed by atoms with Crippen LogP contribution in [0, 0.1) is 0 Å². The minimum atomic E-state index is -0.0287. The second-order valence-corrected chi connectivity index (χ2v) is 15.6. The van der Waals surface area contributed by atoms with Crippen LogP contribution in [0.1, 0.15) is 54.0 Å². The van der Waals surface area contributed by atoms with E-state index in [0.29, 0.717) is 0 Å². The van der Waals surface area contributed by atoms with Crippen LogP contribution in [0.25, 0.3) is 60.9 Å². The zero-order valence-electron chi connectivity index (χ0n) is 31.4. The van der Waals surface area contributed by atoms with Crippen molar-refractivity contribution in [3.8, 4) is 39.1 Å². The van der Waals surface area contributed by atoms with E-state index in [9.17, 15) is 0 Å². The van der Waals surface area contributed by atoms with Crippen molar-refractivity contribution in [3.05, 3.63) is 222 Å². The topological polar surface area (TPSA) is 4.93 Å². The number of aryl methyl sites for hydroxylation is 1. The minimum Gasteiger partial charge on any atom is -0.309 e. The molecule has 1 nitrogen and oxygen atoms in total. The molecule has 0 N–H and O–H groups in total. The molecule has 1 heterocycles. The molecule has 0 fully saturated rings. The van der Waals surface area contributed by atoms with E-state index in [1.165, 1.54) is 88.7 Å². The van der Waals surface area contributed by atoms with Gasteiger partial charge in [0.2, 0.25) is 0 Å². The molecule has 0 amide bonds. The third-order valence-corrected chi connectivity index (χ3v) is 12.1. The van der Waals surface area contributed by atoms with Crippen LogP contribution < -0.4 is 0 Å². The summed E-state index contributed by atoms with van der Waals surface area (Å²) < 4.78 is 2.45. The maximum atomic E-state index is 2.51. The van der Waals surface area contributed by atoms with Crippen LogP contribution in [0.15, 0.2) is 194 Å². The van der Waals surface area contributed by atoms with Gasteiger partial charge in [0.15, 0.2) is 0 Å². The van der Waals surface area contributed by atoms with Gasteiger partial charge in [-0.15, -0.1) is 0 Å². The lowest BCUT2D eigenvalue weighted by molar-refractivity contribution is 0.654. The van der Waals surface area contributed by atoms with Gasteiger partial charge < -0.3 is 4.57 Å². The van der Waals surface area contributed by atoms with Gasteiger partial charge >= 0.3 is 0 Å². The van der Waals surface area contributed by atoms with E-state index < -0.39 is 0 Å². The smallest absolute Gasteiger partial charge is 0.0541 e. The van der Waals surface area contributed by atoms with E-state index in [1.54, 1.807) is 0 Å². The Labute approximate surface area is 324 Å². The number of hydrogen-bond acceptors (Lipinski definition) is 0. The Hall–Kier alpha value is -6.44. The van der Waals surface area contributed by atoms with Crippen molar-refractivity contribution in [2.75, 3.05) is 0 Å². The highest BCUT2D eigenvalue weighted by Gasteiger charge is 2.35. The number of para-hydroxylation sites is 3. The van der Waals surface area contributed by atoms with Crippen molar-refractivity contribution in [2.24, 2.45) is 0 Å². The molecule has 8 aromatic carbocycles. The van der Waals surface area contributed by atoms with Gasteiger partial charge in [-0.05, 0) is 86.7 Å². The minimum absolute atomic E-state index is 0.0287. The molecule has 9 aromatic rings. The summed E-state index contributed by atoms with van der Waals surface area (Å²) in [5, 5.41) is 2.55. The summed E-state index contributed by atoms with van der Waals surface area (Å²) in [7, 11) is 0. The van der Waals surface area contributed by atoms with Gasteiger partial charge in [0.05, 0.1) is 16.7 Å². The standard InChI is InChI=1S/C54H43N/c1-54(2)49-25-13-9-21-43(49)44-34-31-40(36-50(44)54)41(38-17-5-3-6-18-38)32-29-37-30-33-42(48(35-37)39-19-7-4-8-20-39)45-22-10-14-26-51(45)55-52-27-15-11-23-46(52)47-24-12-16-28-53(47)55/h3-28,30-31,33-36,41H,29,32H2,1-2H3. The van der Waals surface area contributed by atoms with Crippen molar-refractivity contribution in [3.63, 3.8) is 0 Å². The lowest BCUT2D eigenvalue weighted by atomic mass is 9.79. The van der Waals surface area contributed by atoms with E-state index in [0.717, 1.165) is 12.8 Å². The van der Waals surface area contributed by atoms with Crippen LogP contribution in [0.5, 0.6) is 0 Å². The van der Waals surface area contributed by atoms with Gasteiger partial charge in [0.25, 0.3) is 0 Å². The summed E-state index contributed by atoms with van der Waals surface area (Å²) in [5.74, 6) is 0.280. The molecule has 0 aliphatic heterocycles. The highest BCUT2D eigenvalue weighted by atomic mass is 15.0. The average Bonchev–Trinajstić information content (AvgIpc) is 3.70. The second kappa shape index (κ2) is 13.4. The molecule has 10 rings (SSSR count). The van der Waals surface area contributed by atoms with Crippen LogP contribution in [-0.4, -0.2) is 4.57 Å². The molecule has 264 valence electrons. The highest BCUT2D eigenvalue weighted by Crippen LogP contribution is 2.50. The van der Waals surface area contributed by atoms with Gasteiger partial charge in [-0.2, -0.15) is 0 Å². The molecule has 1 unspecified atom stereocenters. The first kappa shape index (κ1) is 33.2. The molecule has 1 heteroatoms. The zero-order chi connectivity index (χ0) is 36.9. The van der Waals surface area contributed by atoms with Gasteiger partial charge in [-0.25, -0.2) is 0 Å². The number of benzene rings is 8. The number of hydrogen-bond donors (Lipinski definition) is 0. The van der Waals surface area contributed by atoms with E-state index in [1.807, 2.05) is 0 Å². The average molecular weight is 706 g/mol. The van der Waals surface area contributed by atoms with Crippen LogP contribution in [0.2, 0.25) is 0 Å². The summed E-state index contributed by atoms with van der Waals surface area (Å²) in [6.45, 7) is 4.76. The van der Waals surface area contributed by atoms with Crippen molar-refractivity contribution < 1.29 is 0 Å². The first-order chi connectivity index (χ1) is 27.1. The maximum Gasteiger partial charge on any atom is 0.0541 e. The van der Waals surface area contributed by atoms with Gasteiger partial charge in [-0.3, -0.25) is 0 Å². The molecule has 1 aliphatic carbocycles. The molecule has 55 heavy (non-hydrogen) atoms. The largest absolute Gasteiger partial charge is 0.309 e. The molecule has 1 atom stereocenters. The molecule has 0 spiro atoms. The normalized spacial score (nSPS) is 13.5. The summed E-state index contributed by atoms with van der Waals surface area (Å²) in [6, 6.07) is 71.9. The highest BCUT2D eigenvalue weighted by molar-refractivity contribution is 6.10. The summed E-state index contributed by atoms with van der Waals surface area (Å²) in [4.78, 5) is 0. The van der Waals surface area contributed by atoms with E-state index in [-0.39, 0.29) is 11.3 Å². The van der Waals surface area contributed by atoms with Crippen molar-refractivity contribution in [1.29, 1.82) is 0 Å². The summed E-state index contributed by atoms with van der Waals surface area (Å²) in [6.07, 6.45) is 1.98. The third kappa shape index (κ3) is 5.62. The summed E-state index contributed by atoms with van der Waals surface area (Å²) in [5.41, 5.74) is 18.3. The lowest BCUT2D eigenvalue weighted by Gasteiger charge is -2.24. The number of rotatable bonds is 8. The fraction of sp³-hybridized carbons (Fsp3) is 0.111.